The standard InChI is InChI=1S/C16H15ClO4/c1-3-20-15(18)12-10-8-6-5-7-9-11(10)13(14(12)17)16(19)21-4-2/h5-9H,3-4H2,1-2H3/i5D. The van der Waals surface area contributed by atoms with Gasteiger partial charge in [0.1, 0.15) is 0 Å². The zero-order valence-electron chi connectivity index (χ0n) is 12.7. The van der Waals surface area contributed by atoms with E-state index in [1.165, 1.54) is 12.1 Å². The van der Waals surface area contributed by atoms with Gasteiger partial charge in [0.2, 0.25) is 0 Å². The smallest absolute Gasteiger partial charge is 0.340 e. The lowest BCUT2D eigenvalue weighted by Gasteiger charge is -2.02. The first-order valence-electron chi connectivity index (χ1n) is 7.07. The fourth-order valence-corrected chi connectivity index (χ4v) is 2.46. The maximum atomic E-state index is 12.2. The summed E-state index contributed by atoms with van der Waals surface area (Å²) in [6, 6.07) is 6.46. The lowest BCUT2D eigenvalue weighted by molar-refractivity contribution is 0.0525. The molecule has 0 spiro atoms. The van der Waals surface area contributed by atoms with E-state index in [0.717, 1.165) is 0 Å². The fraction of sp³-hybridized carbons (Fsp3) is 0.250. The number of fused-ring (bicyclic) bond motifs is 1. The molecule has 2 aliphatic rings. The van der Waals surface area contributed by atoms with Crippen LogP contribution in [-0.4, -0.2) is 25.2 Å². The van der Waals surface area contributed by atoms with Gasteiger partial charge in [0.05, 0.1) is 30.7 Å². The number of hydrogen-bond acceptors (Lipinski definition) is 4. The van der Waals surface area contributed by atoms with Crippen LogP contribution in [0.1, 0.15) is 35.9 Å². The number of carbonyl (C=O) groups excluding carboxylic acids is 2. The van der Waals surface area contributed by atoms with Crippen LogP contribution in [0, 0.1) is 0 Å². The predicted molar refractivity (Wildman–Crippen MR) is 80.0 cm³/mol. The van der Waals surface area contributed by atoms with Gasteiger partial charge in [-0.2, -0.15) is 0 Å². The first-order valence-corrected chi connectivity index (χ1v) is 6.95. The second-order valence-electron chi connectivity index (χ2n) is 4.17. The second-order valence-corrected chi connectivity index (χ2v) is 4.54. The van der Waals surface area contributed by atoms with Gasteiger partial charge in [-0.05, 0) is 25.0 Å². The minimum Gasteiger partial charge on any atom is -0.462 e. The van der Waals surface area contributed by atoms with Gasteiger partial charge in [-0.3, -0.25) is 0 Å². The van der Waals surface area contributed by atoms with Crippen LogP contribution in [0.25, 0.3) is 11.1 Å². The Morgan fingerprint density at radius 3 is 1.86 bits per heavy atom. The third kappa shape index (κ3) is 2.85. The summed E-state index contributed by atoms with van der Waals surface area (Å²) in [6.45, 7) is 3.76. The third-order valence-corrected chi connectivity index (χ3v) is 3.30. The Hall–Kier alpha value is -2.07. The summed E-state index contributed by atoms with van der Waals surface area (Å²) in [6.07, 6.45) is 0. The summed E-state index contributed by atoms with van der Waals surface area (Å²) in [4.78, 5) is 24.3. The highest BCUT2D eigenvalue weighted by Gasteiger charge is 2.30. The molecule has 0 bridgehead atoms. The summed E-state index contributed by atoms with van der Waals surface area (Å²) < 4.78 is 17.7. The molecule has 2 rings (SSSR count). The zero-order valence-corrected chi connectivity index (χ0v) is 12.5. The number of rotatable bonds is 4. The van der Waals surface area contributed by atoms with Crippen LogP contribution in [0.5, 0.6) is 0 Å². The van der Waals surface area contributed by atoms with E-state index in [0.29, 0.717) is 11.1 Å². The van der Waals surface area contributed by atoms with Gasteiger partial charge in [-0.25, -0.2) is 9.59 Å². The average Bonchev–Trinajstić information content (AvgIpc) is 2.62. The van der Waals surface area contributed by atoms with Crippen molar-refractivity contribution in [1.29, 1.82) is 0 Å². The van der Waals surface area contributed by atoms with Crippen molar-refractivity contribution in [3.63, 3.8) is 0 Å². The molecule has 0 unspecified atom stereocenters. The van der Waals surface area contributed by atoms with Crippen LogP contribution in [0.2, 0.25) is 5.02 Å². The van der Waals surface area contributed by atoms with Gasteiger partial charge in [-0.15, -0.1) is 0 Å². The molecule has 0 atom stereocenters. The minimum absolute atomic E-state index is 0.0182. The van der Waals surface area contributed by atoms with Crippen LogP contribution < -0.4 is 0 Å². The second kappa shape index (κ2) is 6.59. The Morgan fingerprint density at radius 2 is 1.48 bits per heavy atom. The third-order valence-electron chi connectivity index (χ3n) is 2.92. The van der Waals surface area contributed by atoms with Crippen molar-refractivity contribution in [2.24, 2.45) is 0 Å². The molecule has 0 aromatic carbocycles. The first-order chi connectivity index (χ1) is 10.5. The average molecular weight is 308 g/mol. The van der Waals surface area contributed by atoms with E-state index in [1.54, 1.807) is 26.0 Å². The van der Waals surface area contributed by atoms with E-state index in [9.17, 15) is 9.59 Å². The lowest BCUT2D eigenvalue weighted by atomic mass is 10.1. The fourth-order valence-electron chi connectivity index (χ4n) is 2.10. The van der Waals surface area contributed by atoms with E-state index < -0.39 is 11.9 Å². The van der Waals surface area contributed by atoms with Crippen LogP contribution >= 0.6 is 11.6 Å². The molecule has 0 aromatic heterocycles. The van der Waals surface area contributed by atoms with Crippen LogP contribution in [-0.2, 0) is 9.47 Å². The summed E-state index contributed by atoms with van der Waals surface area (Å²) in [7, 11) is 0. The molecule has 5 heteroatoms. The molecule has 0 radical (unpaired) electrons. The summed E-state index contributed by atoms with van der Waals surface area (Å²) in [5.41, 5.74) is 1.17. The van der Waals surface area contributed by atoms with Crippen molar-refractivity contribution in [3.05, 3.63) is 46.5 Å². The normalized spacial score (nSPS) is 11.1. The van der Waals surface area contributed by atoms with Gasteiger partial charge in [0.15, 0.2) is 0 Å². The lowest BCUT2D eigenvalue weighted by Crippen LogP contribution is -2.06. The van der Waals surface area contributed by atoms with E-state index in [4.69, 9.17) is 22.4 Å². The number of carbonyl (C=O) groups is 2. The highest BCUT2D eigenvalue weighted by Crippen LogP contribution is 2.40. The van der Waals surface area contributed by atoms with Gasteiger partial charge in [0, 0.05) is 0 Å². The minimum atomic E-state index is -0.606. The van der Waals surface area contributed by atoms with Crippen molar-refractivity contribution in [1.82, 2.24) is 0 Å². The Morgan fingerprint density at radius 1 is 1.05 bits per heavy atom. The molecule has 0 saturated heterocycles. The highest BCUT2D eigenvalue weighted by molar-refractivity contribution is 6.39. The molecule has 0 heterocycles. The number of esters is 2. The molecule has 2 aliphatic carbocycles. The maximum absolute atomic E-state index is 12.2. The summed E-state index contributed by atoms with van der Waals surface area (Å²) in [5.74, 6) is -1.21. The van der Waals surface area contributed by atoms with Crippen LogP contribution in [0.3, 0.4) is 0 Å². The summed E-state index contributed by atoms with van der Waals surface area (Å²) in [5, 5.41) is 0.0182. The van der Waals surface area contributed by atoms with Gasteiger partial charge in [-0.1, -0.05) is 41.9 Å². The number of hydrogen-bond donors (Lipinski definition) is 0. The molecule has 110 valence electrons. The molecule has 0 fully saturated rings. The Bertz CT molecular complexity index is 643. The first kappa shape index (κ1) is 13.9. The topological polar surface area (TPSA) is 52.6 Å². The quantitative estimate of drug-likeness (QED) is 0.806. The van der Waals surface area contributed by atoms with Crippen LogP contribution in [0.15, 0.2) is 30.3 Å². The van der Waals surface area contributed by atoms with Crippen LogP contribution in [0.4, 0.5) is 0 Å². The van der Waals surface area contributed by atoms with Gasteiger partial charge >= 0.3 is 11.9 Å². The molecule has 4 nitrogen and oxygen atoms in total. The SMILES string of the molecule is [2H]c1ccc2c(C(=O)OCC)c(Cl)c(C(=O)OCC)c-2cc1. The Balaban J connectivity index is 2.72. The molecule has 0 amide bonds. The van der Waals surface area contributed by atoms with Crippen molar-refractivity contribution >= 4 is 23.5 Å². The Kier molecular flexibility index (Phi) is 4.36. The van der Waals surface area contributed by atoms with E-state index in [1.807, 2.05) is 0 Å². The maximum Gasteiger partial charge on any atom is 0.340 e. The van der Waals surface area contributed by atoms with E-state index in [-0.39, 0.29) is 35.4 Å². The van der Waals surface area contributed by atoms with Crippen molar-refractivity contribution in [2.75, 3.05) is 13.2 Å². The molecule has 0 aliphatic heterocycles. The van der Waals surface area contributed by atoms with E-state index in [2.05, 4.69) is 0 Å². The highest BCUT2D eigenvalue weighted by atomic mass is 35.5. The largest absolute Gasteiger partial charge is 0.462 e. The van der Waals surface area contributed by atoms with Gasteiger partial charge < -0.3 is 9.47 Å². The molecule has 21 heavy (non-hydrogen) atoms. The molecule has 0 N–H and O–H groups in total. The number of halogens is 1. The summed E-state index contributed by atoms with van der Waals surface area (Å²) >= 11 is 6.25. The van der Waals surface area contributed by atoms with Gasteiger partial charge in [0.25, 0.3) is 0 Å². The monoisotopic (exact) mass is 307 g/mol. The molecular formula is C16H15ClO4. The Labute approximate surface area is 129 Å². The molecule has 0 aromatic rings. The zero-order chi connectivity index (χ0) is 16.3. The predicted octanol–water partition coefficient (Wildman–Crippen LogP) is 3.80. The van der Waals surface area contributed by atoms with Crippen molar-refractivity contribution in [3.8, 4) is 11.1 Å². The van der Waals surface area contributed by atoms with Crippen molar-refractivity contribution < 1.29 is 20.4 Å². The number of ether oxygens (including phenoxy) is 2. The molecule has 0 saturated carbocycles. The molecular weight excluding hydrogens is 292 g/mol. The van der Waals surface area contributed by atoms with E-state index >= 15 is 0 Å². The van der Waals surface area contributed by atoms with Crippen molar-refractivity contribution in [2.45, 2.75) is 13.8 Å².